The Balaban J connectivity index is 1.86. The highest BCUT2D eigenvalue weighted by Crippen LogP contribution is 2.17. The van der Waals surface area contributed by atoms with Crippen molar-refractivity contribution in [2.24, 2.45) is 0 Å². The first kappa shape index (κ1) is 15.4. The normalized spacial score (nSPS) is 20.4. The van der Waals surface area contributed by atoms with E-state index in [1.807, 2.05) is 6.92 Å². The van der Waals surface area contributed by atoms with Crippen LogP contribution in [0.2, 0.25) is 0 Å². The summed E-state index contributed by atoms with van der Waals surface area (Å²) in [5, 5.41) is 6.04. The number of benzene rings is 1. The second-order valence-corrected chi connectivity index (χ2v) is 5.78. The highest BCUT2D eigenvalue weighted by Gasteiger charge is 2.22. The quantitative estimate of drug-likeness (QED) is 0.872. The van der Waals surface area contributed by atoms with Crippen LogP contribution in [0.15, 0.2) is 22.7 Å². The zero-order valence-corrected chi connectivity index (χ0v) is 12.9. The first-order chi connectivity index (χ1) is 9.56. The van der Waals surface area contributed by atoms with Gasteiger partial charge in [0.2, 0.25) is 0 Å². The van der Waals surface area contributed by atoms with Crippen LogP contribution < -0.4 is 10.6 Å². The van der Waals surface area contributed by atoms with Crippen molar-refractivity contribution < 1.29 is 13.9 Å². The second-order valence-electron chi connectivity index (χ2n) is 4.93. The van der Waals surface area contributed by atoms with Gasteiger partial charge in [-0.25, -0.2) is 4.39 Å². The average molecular weight is 345 g/mol. The molecular weight excluding hydrogens is 327 g/mol. The molecular formula is C14H18BrFN2O2. The maximum atomic E-state index is 13.1. The lowest BCUT2D eigenvalue weighted by molar-refractivity contribution is -0.134. The number of hydrogen-bond donors (Lipinski definition) is 2. The number of ether oxygens (including phenoxy) is 1. The fraction of sp³-hybridized carbons (Fsp3) is 0.500. The van der Waals surface area contributed by atoms with Gasteiger partial charge in [0, 0.05) is 19.1 Å². The Bertz CT molecular complexity index is 478. The zero-order chi connectivity index (χ0) is 14.5. The van der Waals surface area contributed by atoms with Gasteiger partial charge in [0.05, 0.1) is 11.1 Å². The first-order valence-electron chi connectivity index (χ1n) is 6.63. The highest BCUT2D eigenvalue weighted by atomic mass is 79.9. The molecule has 1 aromatic rings. The molecule has 2 N–H and O–H groups in total. The van der Waals surface area contributed by atoms with E-state index in [9.17, 15) is 9.18 Å². The lowest BCUT2D eigenvalue weighted by atomic mass is 10.1. The van der Waals surface area contributed by atoms with E-state index in [2.05, 4.69) is 26.6 Å². The highest BCUT2D eigenvalue weighted by molar-refractivity contribution is 9.10. The third-order valence-electron chi connectivity index (χ3n) is 3.13. The van der Waals surface area contributed by atoms with Gasteiger partial charge >= 0.3 is 0 Å². The number of carbonyl (C=O) groups is 1. The van der Waals surface area contributed by atoms with Gasteiger partial charge in [0.15, 0.2) is 0 Å². The molecule has 1 heterocycles. The van der Waals surface area contributed by atoms with Crippen molar-refractivity contribution in [3.8, 4) is 0 Å². The van der Waals surface area contributed by atoms with Gasteiger partial charge in [-0.05, 0) is 47.0 Å². The molecule has 20 heavy (non-hydrogen) atoms. The van der Waals surface area contributed by atoms with Crippen molar-refractivity contribution in [2.45, 2.75) is 25.5 Å². The molecule has 0 spiro atoms. The van der Waals surface area contributed by atoms with Gasteiger partial charge in [-0.1, -0.05) is 6.07 Å². The number of morpholine rings is 1. The summed E-state index contributed by atoms with van der Waals surface area (Å²) in [6.07, 6.45) is 0.219. The molecule has 1 fully saturated rings. The molecule has 1 aromatic carbocycles. The smallest absolute Gasteiger partial charge is 0.250 e. The van der Waals surface area contributed by atoms with E-state index in [0.29, 0.717) is 24.0 Å². The van der Waals surface area contributed by atoms with Crippen LogP contribution in [0.1, 0.15) is 12.5 Å². The molecule has 110 valence electrons. The van der Waals surface area contributed by atoms with Crippen molar-refractivity contribution in [1.82, 2.24) is 10.6 Å². The van der Waals surface area contributed by atoms with Crippen LogP contribution in [0, 0.1) is 5.82 Å². The monoisotopic (exact) mass is 344 g/mol. The molecule has 0 bridgehead atoms. The predicted octanol–water partition coefficient (Wildman–Crippen LogP) is 1.62. The summed E-state index contributed by atoms with van der Waals surface area (Å²) < 4.78 is 19.0. The number of amides is 1. The van der Waals surface area contributed by atoms with Crippen LogP contribution >= 0.6 is 15.9 Å². The Kier molecular flexibility index (Phi) is 5.51. The third-order valence-corrected chi connectivity index (χ3v) is 3.74. The Hall–Kier alpha value is -0.980. The molecule has 2 atom stereocenters. The van der Waals surface area contributed by atoms with Crippen LogP contribution in [0.5, 0.6) is 0 Å². The fourth-order valence-electron chi connectivity index (χ4n) is 2.14. The molecule has 2 rings (SSSR count). The van der Waals surface area contributed by atoms with Gasteiger partial charge in [-0.15, -0.1) is 0 Å². The summed E-state index contributed by atoms with van der Waals surface area (Å²) in [7, 11) is 0. The van der Waals surface area contributed by atoms with E-state index in [1.165, 1.54) is 6.07 Å². The molecule has 2 unspecified atom stereocenters. The summed E-state index contributed by atoms with van der Waals surface area (Å²) in [5.74, 6) is -0.391. The Morgan fingerprint density at radius 3 is 3.10 bits per heavy atom. The Labute approximate surface area is 126 Å². The number of halogens is 2. The molecule has 0 saturated carbocycles. The summed E-state index contributed by atoms with van der Waals surface area (Å²) in [6.45, 7) is 3.80. The van der Waals surface area contributed by atoms with Gasteiger partial charge in [0.1, 0.15) is 11.9 Å². The van der Waals surface area contributed by atoms with Crippen LogP contribution in [-0.4, -0.2) is 37.7 Å². The van der Waals surface area contributed by atoms with E-state index in [4.69, 9.17) is 4.74 Å². The predicted molar refractivity (Wildman–Crippen MR) is 78.0 cm³/mol. The minimum Gasteiger partial charge on any atom is -0.366 e. The number of hydrogen-bond acceptors (Lipinski definition) is 3. The Morgan fingerprint density at radius 2 is 2.45 bits per heavy atom. The molecule has 4 nitrogen and oxygen atoms in total. The molecule has 1 aliphatic heterocycles. The molecule has 1 saturated heterocycles. The van der Waals surface area contributed by atoms with Crippen molar-refractivity contribution in [1.29, 1.82) is 0 Å². The molecule has 1 aliphatic rings. The summed E-state index contributed by atoms with van der Waals surface area (Å²) >= 11 is 3.16. The van der Waals surface area contributed by atoms with Gasteiger partial charge in [-0.2, -0.15) is 0 Å². The van der Waals surface area contributed by atoms with Crippen molar-refractivity contribution in [3.63, 3.8) is 0 Å². The SMILES string of the molecule is CC(Cc1ccc(F)c(Br)c1)NC(=O)C1CNCCO1. The largest absolute Gasteiger partial charge is 0.366 e. The molecule has 0 aliphatic carbocycles. The maximum Gasteiger partial charge on any atom is 0.250 e. The average Bonchev–Trinajstić information content (AvgIpc) is 2.44. The standard InChI is InChI=1S/C14H18BrFN2O2/c1-9(6-10-2-3-12(16)11(15)7-10)18-14(19)13-8-17-4-5-20-13/h2-3,7,9,13,17H,4-6,8H2,1H3,(H,18,19). The summed E-state index contributed by atoms with van der Waals surface area (Å²) in [6, 6.07) is 4.84. The lowest BCUT2D eigenvalue weighted by Crippen LogP contribution is -2.50. The van der Waals surface area contributed by atoms with Crippen LogP contribution in [-0.2, 0) is 16.0 Å². The molecule has 0 radical (unpaired) electrons. The Morgan fingerprint density at radius 1 is 1.65 bits per heavy atom. The molecule has 1 amide bonds. The minimum absolute atomic E-state index is 0.0367. The van der Waals surface area contributed by atoms with Crippen LogP contribution in [0.25, 0.3) is 0 Å². The topological polar surface area (TPSA) is 50.4 Å². The van der Waals surface area contributed by atoms with E-state index in [1.54, 1.807) is 12.1 Å². The summed E-state index contributed by atoms with van der Waals surface area (Å²) in [4.78, 5) is 12.0. The summed E-state index contributed by atoms with van der Waals surface area (Å²) in [5.41, 5.74) is 0.966. The van der Waals surface area contributed by atoms with E-state index >= 15 is 0 Å². The maximum absolute atomic E-state index is 13.1. The van der Waals surface area contributed by atoms with E-state index < -0.39 is 6.10 Å². The third kappa shape index (κ3) is 4.26. The molecule has 6 heteroatoms. The zero-order valence-electron chi connectivity index (χ0n) is 11.3. The van der Waals surface area contributed by atoms with Crippen molar-refractivity contribution in [2.75, 3.05) is 19.7 Å². The van der Waals surface area contributed by atoms with Crippen molar-refractivity contribution >= 4 is 21.8 Å². The lowest BCUT2D eigenvalue weighted by Gasteiger charge is -2.24. The van der Waals surface area contributed by atoms with E-state index in [-0.39, 0.29) is 17.8 Å². The minimum atomic E-state index is -0.425. The second kappa shape index (κ2) is 7.15. The van der Waals surface area contributed by atoms with Crippen LogP contribution in [0.4, 0.5) is 4.39 Å². The first-order valence-corrected chi connectivity index (χ1v) is 7.42. The number of carbonyl (C=O) groups excluding carboxylic acids is 1. The molecule has 0 aromatic heterocycles. The van der Waals surface area contributed by atoms with Gasteiger partial charge in [-0.3, -0.25) is 4.79 Å². The van der Waals surface area contributed by atoms with Gasteiger partial charge < -0.3 is 15.4 Å². The fourth-order valence-corrected chi connectivity index (χ4v) is 2.57. The van der Waals surface area contributed by atoms with Gasteiger partial charge in [0.25, 0.3) is 5.91 Å². The number of nitrogens with one attached hydrogen (secondary N) is 2. The van der Waals surface area contributed by atoms with Crippen molar-refractivity contribution in [3.05, 3.63) is 34.1 Å². The number of rotatable bonds is 4. The van der Waals surface area contributed by atoms with Crippen LogP contribution in [0.3, 0.4) is 0 Å². The van der Waals surface area contributed by atoms with E-state index in [0.717, 1.165) is 12.1 Å².